The maximum Gasteiger partial charge on any atom is 0.416 e. The molecule has 3 aromatic carbocycles. The van der Waals surface area contributed by atoms with Gasteiger partial charge >= 0.3 is 6.18 Å². The van der Waals surface area contributed by atoms with Gasteiger partial charge < -0.3 is 5.32 Å². The Morgan fingerprint density at radius 3 is 2.12 bits per heavy atom. The zero-order chi connectivity index (χ0) is 23.1. The van der Waals surface area contributed by atoms with Gasteiger partial charge in [0.25, 0.3) is 0 Å². The van der Waals surface area contributed by atoms with Crippen molar-refractivity contribution in [1.29, 1.82) is 0 Å². The van der Waals surface area contributed by atoms with E-state index in [2.05, 4.69) is 5.32 Å². The summed E-state index contributed by atoms with van der Waals surface area (Å²) < 4.78 is 50.3. The first-order valence-electron chi connectivity index (χ1n) is 10.3. The van der Waals surface area contributed by atoms with Crippen molar-refractivity contribution < 1.29 is 22.2 Å². The van der Waals surface area contributed by atoms with Crippen LogP contribution in [-0.4, -0.2) is 15.9 Å². The average Bonchev–Trinajstić information content (AvgIpc) is 2.78. The lowest BCUT2D eigenvalue weighted by molar-refractivity contribution is -0.137. The van der Waals surface area contributed by atoms with Crippen LogP contribution in [0.4, 0.5) is 18.9 Å². The van der Waals surface area contributed by atoms with Crippen molar-refractivity contribution in [2.75, 3.05) is 11.1 Å². The fourth-order valence-electron chi connectivity index (χ4n) is 3.26. The normalized spacial score (nSPS) is 12.4. The molecule has 32 heavy (non-hydrogen) atoms. The standard InChI is InChI=1S/C25H24F3NO2S/c1-2-32(31)23-14-10-20(11-15-23)17-24(30)29-22-12-8-18(9-13-22)6-7-19-4-3-5-21(16-19)25(26,27)28/h3-5,8-16H,2,6-7,17H2,1H3,(H,29,30). The molecule has 0 aliphatic rings. The molecule has 3 nitrogen and oxygen atoms in total. The fraction of sp³-hybridized carbons (Fsp3) is 0.240. The Kier molecular flexibility index (Phi) is 7.85. The summed E-state index contributed by atoms with van der Waals surface area (Å²) in [7, 11) is -1.02. The summed E-state index contributed by atoms with van der Waals surface area (Å²) >= 11 is 0. The van der Waals surface area contributed by atoms with Crippen LogP contribution < -0.4 is 5.32 Å². The van der Waals surface area contributed by atoms with Crippen LogP contribution in [0.3, 0.4) is 0 Å². The van der Waals surface area contributed by atoms with E-state index in [0.29, 0.717) is 29.8 Å². The highest BCUT2D eigenvalue weighted by molar-refractivity contribution is 7.85. The lowest BCUT2D eigenvalue weighted by Crippen LogP contribution is -2.14. The number of hydrogen-bond donors (Lipinski definition) is 1. The smallest absolute Gasteiger partial charge is 0.326 e. The Balaban J connectivity index is 1.52. The van der Waals surface area contributed by atoms with Crippen LogP contribution >= 0.6 is 0 Å². The number of alkyl halides is 3. The average molecular weight is 460 g/mol. The van der Waals surface area contributed by atoms with Crippen LogP contribution in [0.15, 0.2) is 77.7 Å². The first kappa shape index (κ1) is 23.7. The van der Waals surface area contributed by atoms with Gasteiger partial charge in [0.1, 0.15) is 0 Å². The highest BCUT2D eigenvalue weighted by Gasteiger charge is 2.30. The molecule has 1 N–H and O–H groups in total. The minimum atomic E-state index is -4.34. The minimum Gasteiger partial charge on any atom is -0.326 e. The van der Waals surface area contributed by atoms with Crippen LogP contribution in [0.1, 0.15) is 29.2 Å². The molecule has 1 atom stereocenters. The largest absolute Gasteiger partial charge is 0.416 e. The molecule has 3 aromatic rings. The van der Waals surface area contributed by atoms with Gasteiger partial charge in [-0.15, -0.1) is 0 Å². The molecule has 0 saturated carbocycles. The van der Waals surface area contributed by atoms with Gasteiger partial charge in [0.2, 0.25) is 5.91 Å². The summed E-state index contributed by atoms with van der Waals surface area (Å²) in [4.78, 5) is 13.0. The number of aryl methyl sites for hydroxylation is 2. The van der Waals surface area contributed by atoms with E-state index in [9.17, 15) is 22.2 Å². The first-order chi connectivity index (χ1) is 15.2. The minimum absolute atomic E-state index is 0.161. The lowest BCUT2D eigenvalue weighted by Gasteiger charge is -2.09. The molecule has 0 aliphatic heterocycles. The summed E-state index contributed by atoms with van der Waals surface area (Å²) in [5.74, 6) is 0.390. The van der Waals surface area contributed by atoms with Gasteiger partial charge in [-0.25, -0.2) is 0 Å². The topological polar surface area (TPSA) is 46.2 Å². The number of amides is 1. The van der Waals surface area contributed by atoms with Gasteiger partial charge in [0.15, 0.2) is 0 Å². The molecule has 0 fully saturated rings. The predicted octanol–water partition coefficient (Wildman–Crippen LogP) is 5.80. The molecule has 0 heterocycles. The van der Waals surface area contributed by atoms with E-state index in [-0.39, 0.29) is 12.3 Å². The Bertz CT molecular complexity index is 1080. The van der Waals surface area contributed by atoms with Crippen LogP contribution in [0.2, 0.25) is 0 Å². The number of anilines is 1. The maximum atomic E-state index is 12.8. The number of halogens is 3. The van der Waals surface area contributed by atoms with Gasteiger partial charge in [0, 0.05) is 16.3 Å². The van der Waals surface area contributed by atoms with Crippen molar-refractivity contribution in [3.63, 3.8) is 0 Å². The Hall–Kier alpha value is -2.93. The molecule has 0 saturated heterocycles. The molecule has 0 aromatic heterocycles. The van der Waals surface area contributed by atoms with Gasteiger partial charge in [-0.05, 0) is 59.9 Å². The summed E-state index contributed by atoms with van der Waals surface area (Å²) in [6.45, 7) is 1.86. The molecule has 0 aliphatic carbocycles. The summed E-state index contributed by atoms with van der Waals surface area (Å²) in [6, 6.07) is 19.8. The van der Waals surface area contributed by atoms with Crippen molar-refractivity contribution in [3.8, 4) is 0 Å². The molecule has 0 radical (unpaired) electrons. The number of hydrogen-bond acceptors (Lipinski definition) is 2. The quantitative estimate of drug-likeness (QED) is 0.463. The van der Waals surface area contributed by atoms with E-state index in [1.807, 2.05) is 19.1 Å². The van der Waals surface area contributed by atoms with Gasteiger partial charge in [0.05, 0.1) is 22.8 Å². The molecule has 1 unspecified atom stereocenters. The summed E-state index contributed by atoms with van der Waals surface area (Å²) in [6.07, 6.45) is -3.04. The number of benzene rings is 3. The van der Waals surface area contributed by atoms with Crippen molar-refractivity contribution in [1.82, 2.24) is 0 Å². The van der Waals surface area contributed by atoms with Crippen molar-refractivity contribution >= 4 is 22.4 Å². The highest BCUT2D eigenvalue weighted by atomic mass is 32.2. The van der Waals surface area contributed by atoms with Gasteiger partial charge in [-0.2, -0.15) is 13.2 Å². The predicted molar refractivity (Wildman–Crippen MR) is 121 cm³/mol. The first-order valence-corrected chi connectivity index (χ1v) is 11.6. The molecular formula is C25H24F3NO2S. The Morgan fingerprint density at radius 2 is 1.50 bits per heavy atom. The summed E-state index contributed by atoms with van der Waals surface area (Å²) in [5.41, 5.74) is 2.45. The zero-order valence-electron chi connectivity index (χ0n) is 17.6. The molecule has 0 bridgehead atoms. The molecule has 7 heteroatoms. The van der Waals surface area contributed by atoms with Crippen molar-refractivity contribution in [3.05, 3.63) is 95.1 Å². The molecule has 3 rings (SSSR count). The third kappa shape index (κ3) is 6.79. The van der Waals surface area contributed by atoms with Crippen molar-refractivity contribution in [2.24, 2.45) is 0 Å². The van der Waals surface area contributed by atoms with Crippen LogP contribution in [0, 0.1) is 0 Å². The van der Waals surface area contributed by atoms with E-state index in [4.69, 9.17) is 0 Å². The Morgan fingerprint density at radius 1 is 0.875 bits per heavy atom. The van der Waals surface area contributed by atoms with Gasteiger partial charge in [-0.3, -0.25) is 9.00 Å². The lowest BCUT2D eigenvalue weighted by atomic mass is 10.0. The highest BCUT2D eigenvalue weighted by Crippen LogP contribution is 2.29. The van der Waals surface area contributed by atoms with Gasteiger partial charge in [-0.1, -0.05) is 49.4 Å². The second-order valence-electron chi connectivity index (χ2n) is 7.40. The van der Waals surface area contributed by atoms with E-state index in [1.54, 1.807) is 42.5 Å². The third-order valence-corrected chi connectivity index (χ3v) is 6.33. The number of rotatable bonds is 8. The zero-order valence-corrected chi connectivity index (χ0v) is 18.4. The second kappa shape index (κ2) is 10.6. The monoisotopic (exact) mass is 459 g/mol. The van der Waals surface area contributed by atoms with Crippen LogP contribution in [0.25, 0.3) is 0 Å². The number of nitrogens with one attached hydrogen (secondary N) is 1. The van der Waals surface area contributed by atoms with E-state index >= 15 is 0 Å². The fourth-order valence-corrected chi connectivity index (χ4v) is 4.04. The van der Waals surface area contributed by atoms with E-state index in [0.717, 1.165) is 22.1 Å². The molecule has 168 valence electrons. The number of carbonyl (C=O) groups is 1. The van der Waals surface area contributed by atoms with Crippen molar-refractivity contribution in [2.45, 2.75) is 37.3 Å². The van der Waals surface area contributed by atoms with Crippen LogP contribution in [-0.2, 0) is 41.0 Å². The molecule has 0 spiro atoms. The molecule has 1 amide bonds. The maximum absolute atomic E-state index is 12.8. The number of carbonyl (C=O) groups excluding carboxylic acids is 1. The van der Waals surface area contributed by atoms with Crippen LogP contribution in [0.5, 0.6) is 0 Å². The third-order valence-electron chi connectivity index (χ3n) is 5.01. The van der Waals surface area contributed by atoms with E-state index in [1.165, 1.54) is 12.1 Å². The Labute approximate surface area is 188 Å². The molecular weight excluding hydrogens is 435 g/mol. The van der Waals surface area contributed by atoms with E-state index < -0.39 is 22.5 Å². The SMILES string of the molecule is CCS(=O)c1ccc(CC(=O)Nc2ccc(CCc3cccc(C(F)(F)F)c3)cc2)cc1. The summed E-state index contributed by atoms with van der Waals surface area (Å²) in [5, 5.41) is 2.84. The second-order valence-corrected chi connectivity index (χ2v) is 9.14.